The third-order valence-corrected chi connectivity index (χ3v) is 3.84. The van der Waals surface area contributed by atoms with Gasteiger partial charge >= 0.3 is 6.03 Å². The minimum atomic E-state index is -0.149. The van der Waals surface area contributed by atoms with E-state index in [4.69, 9.17) is 16.3 Å². The minimum absolute atomic E-state index is 0.0125. The summed E-state index contributed by atoms with van der Waals surface area (Å²) in [5.74, 6) is 0.686. The lowest BCUT2D eigenvalue weighted by molar-refractivity contribution is 0.157. The van der Waals surface area contributed by atoms with Gasteiger partial charge in [0.05, 0.1) is 19.3 Å². The van der Waals surface area contributed by atoms with E-state index in [0.29, 0.717) is 30.5 Å². The van der Waals surface area contributed by atoms with Gasteiger partial charge in [-0.25, -0.2) is 4.79 Å². The van der Waals surface area contributed by atoms with E-state index in [1.54, 1.807) is 17.0 Å². The summed E-state index contributed by atoms with van der Waals surface area (Å²) in [6.45, 7) is 3.52. The van der Waals surface area contributed by atoms with Crippen LogP contribution in [0.3, 0.4) is 0 Å². The maximum atomic E-state index is 12.2. The zero-order valence-corrected chi connectivity index (χ0v) is 12.9. The van der Waals surface area contributed by atoms with Crippen molar-refractivity contribution >= 4 is 17.6 Å². The lowest BCUT2D eigenvalue weighted by atomic mass is 10.2. The van der Waals surface area contributed by atoms with E-state index in [1.807, 2.05) is 13.0 Å². The van der Waals surface area contributed by atoms with Gasteiger partial charge in [0.15, 0.2) is 0 Å². The second-order valence-electron chi connectivity index (χ2n) is 5.02. The first-order chi connectivity index (χ1) is 10.2. The predicted octanol–water partition coefficient (Wildman–Crippen LogP) is 2.41. The van der Waals surface area contributed by atoms with Crippen LogP contribution in [0.5, 0.6) is 5.75 Å². The number of ether oxygens (including phenoxy) is 1. The summed E-state index contributed by atoms with van der Waals surface area (Å²) in [5, 5.41) is 12.7. The van der Waals surface area contributed by atoms with Gasteiger partial charge in [-0.05, 0) is 31.9 Å². The lowest BCUT2D eigenvalue weighted by Crippen LogP contribution is -2.43. The van der Waals surface area contributed by atoms with Crippen molar-refractivity contribution in [1.82, 2.24) is 10.2 Å². The molecule has 2 rings (SSSR count). The van der Waals surface area contributed by atoms with Crippen molar-refractivity contribution in [2.45, 2.75) is 32.4 Å². The Morgan fingerprint density at radius 2 is 2.38 bits per heavy atom. The molecule has 0 aliphatic carbocycles. The van der Waals surface area contributed by atoms with Gasteiger partial charge in [0, 0.05) is 23.7 Å². The first-order valence-electron chi connectivity index (χ1n) is 7.22. The van der Waals surface area contributed by atoms with Crippen LogP contribution in [0.4, 0.5) is 4.79 Å². The maximum Gasteiger partial charge on any atom is 0.317 e. The fraction of sp³-hybridized carbons (Fsp3) is 0.533. The molecule has 0 spiro atoms. The normalized spacial score (nSPS) is 17.9. The fourth-order valence-corrected chi connectivity index (χ4v) is 2.69. The standard InChI is InChI=1S/C15H21ClN2O3/c1-2-21-14-8-12(16)6-5-11(14)9-17-15(20)18-7-3-4-13(18)10-19/h5-6,8,13,19H,2-4,7,9-10H2,1H3,(H,17,20). The summed E-state index contributed by atoms with van der Waals surface area (Å²) in [6.07, 6.45) is 1.79. The summed E-state index contributed by atoms with van der Waals surface area (Å²) < 4.78 is 5.53. The van der Waals surface area contributed by atoms with Crippen molar-refractivity contribution < 1.29 is 14.6 Å². The molecule has 6 heteroatoms. The van der Waals surface area contributed by atoms with E-state index in [9.17, 15) is 9.90 Å². The Labute approximate surface area is 129 Å². The van der Waals surface area contributed by atoms with Crippen LogP contribution in [-0.4, -0.2) is 41.8 Å². The molecule has 5 nitrogen and oxygen atoms in total. The van der Waals surface area contributed by atoms with Crippen LogP contribution in [0.1, 0.15) is 25.3 Å². The topological polar surface area (TPSA) is 61.8 Å². The zero-order chi connectivity index (χ0) is 15.2. The van der Waals surface area contributed by atoms with Gasteiger partial charge in [-0.1, -0.05) is 17.7 Å². The number of aliphatic hydroxyl groups is 1. The van der Waals surface area contributed by atoms with Gasteiger partial charge in [-0.3, -0.25) is 0 Å². The molecule has 116 valence electrons. The van der Waals surface area contributed by atoms with Gasteiger partial charge in [0.25, 0.3) is 0 Å². The highest BCUT2D eigenvalue weighted by Crippen LogP contribution is 2.24. The number of nitrogens with one attached hydrogen (secondary N) is 1. The molecule has 1 aliphatic heterocycles. The quantitative estimate of drug-likeness (QED) is 0.877. The largest absolute Gasteiger partial charge is 0.493 e. The van der Waals surface area contributed by atoms with Gasteiger partial charge in [0.2, 0.25) is 0 Å². The van der Waals surface area contributed by atoms with Crippen molar-refractivity contribution in [2.24, 2.45) is 0 Å². The second-order valence-corrected chi connectivity index (χ2v) is 5.45. The molecule has 1 unspecified atom stereocenters. The van der Waals surface area contributed by atoms with E-state index in [2.05, 4.69) is 5.32 Å². The molecule has 21 heavy (non-hydrogen) atoms. The number of likely N-dealkylation sites (tertiary alicyclic amines) is 1. The van der Waals surface area contributed by atoms with E-state index in [0.717, 1.165) is 18.4 Å². The van der Waals surface area contributed by atoms with E-state index in [1.165, 1.54) is 0 Å². The summed E-state index contributed by atoms with van der Waals surface area (Å²) in [4.78, 5) is 13.9. The number of aliphatic hydroxyl groups excluding tert-OH is 1. The number of hydrogen-bond donors (Lipinski definition) is 2. The maximum absolute atomic E-state index is 12.2. The van der Waals surface area contributed by atoms with Crippen LogP contribution in [-0.2, 0) is 6.54 Å². The molecule has 1 fully saturated rings. The molecular formula is C15H21ClN2O3. The van der Waals surface area contributed by atoms with Crippen molar-refractivity contribution in [3.8, 4) is 5.75 Å². The summed E-state index contributed by atoms with van der Waals surface area (Å²) in [7, 11) is 0. The molecular weight excluding hydrogens is 292 g/mol. The molecule has 1 atom stereocenters. The third-order valence-electron chi connectivity index (χ3n) is 3.61. The molecule has 2 N–H and O–H groups in total. The number of carbonyl (C=O) groups excluding carboxylic acids is 1. The first kappa shape index (κ1) is 15.9. The molecule has 1 heterocycles. The van der Waals surface area contributed by atoms with Crippen LogP contribution in [0.2, 0.25) is 5.02 Å². The number of halogens is 1. The van der Waals surface area contributed by atoms with E-state index >= 15 is 0 Å². The molecule has 0 bridgehead atoms. The molecule has 0 aromatic heterocycles. The van der Waals surface area contributed by atoms with E-state index in [-0.39, 0.29) is 18.7 Å². The number of hydrogen-bond acceptors (Lipinski definition) is 3. The molecule has 2 amide bonds. The number of benzene rings is 1. The Bertz CT molecular complexity index is 496. The molecule has 1 aliphatic rings. The Balaban J connectivity index is 1.97. The van der Waals surface area contributed by atoms with Gasteiger partial charge in [-0.2, -0.15) is 0 Å². The lowest BCUT2D eigenvalue weighted by Gasteiger charge is -2.23. The predicted molar refractivity (Wildman–Crippen MR) is 81.7 cm³/mol. The van der Waals surface area contributed by atoms with Crippen LogP contribution in [0.15, 0.2) is 18.2 Å². The van der Waals surface area contributed by atoms with Crippen LogP contribution in [0.25, 0.3) is 0 Å². The Morgan fingerprint density at radius 3 is 3.10 bits per heavy atom. The summed E-state index contributed by atoms with van der Waals surface area (Å²) in [6, 6.07) is 5.16. The van der Waals surface area contributed by atoms with Gasteiger partial charge in [-0.15, -0.1) is 0 Å². The number of rotatable bonds is 5. The fourth-order valence-electron chi connectivity index (χ4n) is 2.53. The molecule has 1 saturated heterocycles. The van der Waals surface area contributed by atoms with Gasteiger partial charge < -0.3 is 20.1 Å². The highest BCUT2D eigenvalue weighted by Gasteiger charge is 2.27. The van der Waals surface area contributed by atoms with Gasteiger partial charge in [0.1, 0.15) is 5.75 Å². The Morgan fingerprint density at radius 1 is 1.57 bits per heavy atom. The second kappa shape index (κ2) is 7.52. The smallest absolute Gasteiger partial charge is 0.317 e. The van der Waals surface area contributed by atoms with Crippen molar-refractivity contribution in [3.63, 3.8) is 0 Å². The zero-order valence-electron chi connectivity index (χ0n) is 12.1. The summed E-state index contributed by atoms with van der Waals surface area (Å²) in [5.41, 5.74) is 0.884. The Hall–Kier alpha value is -1.46. The third kappa shape index (κ3) is 4.02. The molecule has 1 aromatic carbocycles. The van der Waals surface area contributed by atoms with Crippen LogP contribution >= 0.6 is 11.6 Å². The van der Waals surface area contributed by atoms with Crippen LogP contribution in [0, 0.1) is 0 Å². The molecule has 0 radical (unpaired) electrons. The van der Waals surface area contributed by atoms with Crippen molar-refractivity contribution in [1.29, 1.82) is 0 Å². The average Bonchev–Trinajstić information content (AvgIpc) is 2.95. The average molecular weight is 313 g/mol. The molecule has 1 aromatic rings. The highest BCUT2D eigenvalue weighted by molar-refractivity contribution is 6.30. The number of amides is 2. The first-order valence-corrected chi connectivity index (χ1v) is 7.60. The highest BCUT2D eigenvalue weighted by atomic mass is 35.5. The SMILES string of the molecule is CCOc1cc(Cl)ccc1CNC(=O)N1CCCC1CO. The summed E-state index contributed by atoms with van der Waals surface area (Å²) >= 11 is 5.95. The monoisotopic (exact) mass is 312 g/mol. The number of carbonyl (C=O) groups is 1. The van der Waals surface area contributed by atoms with Crippen molar-refractivity contribution in [2.75, 3.05) is 19.8 Å². The Kier molecular flexibility index (Phi) is 5.70. The molecule has 0 saturated carbocycles. The number of nitrogens with zero attached hydrogens (tertiary/aromatic N) is 1. The van der Waals surface area contributed by atoms with Crippen molar-refractivity contribution in [3.05, 3.63) is 28.8 Å². The van der Waals surface area contributed by atoms with Crippen LogP contribution < -0.4 is 10.1 Å². The number of urea groups is 1. The van der Waals surface area contributed by atoms with E-state index < -0.39 is 0 Å². The minimum Gasteiger partial charge on any atom is -0.493 e.